The number of nitrogens with zero attached hydrogens (tertiary/aromatic N) is 2. The number of ether oxygens (including phenoxy) is 2. The van der Waals surface area contributed by atoms with E-state index >= 15 is 0 Å². The van der Waals surface area contributed by atoms with Crippen molar-refractivity contribution >= 4 is 36.2 Å². The van der Waals surface area contributed by atoms with Crippen molar-refractivity contribution in [3.05, 3.63) is 34.4 Å². The summed E-state index contributed by atoms with van der Waals surface area (Å²) in [5.41, 5.74) is 6.74. The molecule has 0 bridgehead atoms. The van der Waals surface area contributed by atoms with Gasteiger partial charge in [-0.3, -0.25) is 0 Å². The van der Waals surface area contributed by atoms with Gasteiger partial charge in [0.15, 0.2) is 17.3 Å². The van der Waals surface area contributed by atoms with Gasteiger partial charge in [0.1, 0.15) is 0 Å². The molecular weight excluding hydrogens is 389 g/mol. The van der Waals surface area contributed by atoms with Crippen LogP contribution in [-0.4, -0.2) is 23.4 Å². The first-order chi connectivity index (χ1) is 12.4. The zero-order valence-electron chi connectivity index (χ0n) is 15.7. The highest BCUT2D eigenvalue weighted by atomic mass is 35.5. The number of halogens is 2. The Morgan fingerprint density at radius 1 is 1.26 bits per heavy atom. The zero-order chi connectivity index (χ0) is 18.7. The molecule has 0 unspecified atom stereocenters. The minimum absolute atomic E-state index is 0. The lowest BCUT2D eigenvalue weighted by Gasteiger charge is -2.17. The molecule has 0 saturated heterocycles. The van der Waals surface area contributed by atoms with E-state index in [1.807, 2.05) is 26.0 Å². The molecule has 1 saturated carbocycles. The lowest BCUT2D eigenvalue weighted by molar-refractivity contribution is 0.230. The SMILES string of the molecule is COc1cc(/C=C/c2nc(C3(N)CCCC3)no2)cc(Cl)c1OC(C)C.Cl. The summed E-state index contributed by atoms with van der Waals surface area (Å²) < 4.78 is 16.4. The average molecular weight is 414 g/mol. The van der Waals surface area contributed by atoms with Crippen LogP contribution in [-0.2, 0) is 5.54 Å². The molecule has 2 N–H and O–H groups in total. The molecule has 148 valence electrons. The minimum Gasteiger partial charge on any atom is -0.493 e. The Balaban J connectivity index is 0.00000261. The van der Waals surface area contributed by atoms with Gasteiger partial charge in [-0.15, -0.1) is 12.4 Å². The van der Waals surface area contributed by atoms with Gasteiger partial charge in [-0.05, 0) is 50.5 Å². The smallest absolute Gasteiger partial charge is 0.250 e. The highest BCUT2D eigenvalue weighted by molar-refractivity contribution is 6.32. The first-order valence-corrected chi connectivity index (χ1v) is 9.14. The highest BCUT2D eigenvalue weighted by Crippen LogP contribution is 2.38. The standard InChI is InChI=1S/C19H24ClN3O3.ClH/c1-12(2)25-17-14(20)10-13(11-15(17)24-3)6-7-16-22-18(23-26-16)19(21)8-4-5-9-19;/h6-7,10-12H,4-5,8-9,21H2,1-3H3;1H/b7-6+;. The van der Waals surface area contributed by atoms with Crippen LogP contribution in [0.4, 0.5) is 0 Å². The third kappa shape index (κ3) is 4.94. The first-order valence-electron chi connectivity index (χ1n) is 8.76. The van der Waals surface area contributed by atoms with Gasteiger partial charge in [-0.2, -0.15) is 4.98 Å². The monoisotopic (exact) mass is 413 g/mol. The Kier molecular flexibility index (Phi) is 7.14. The van der Waals surface area contributed by atoms with E-state index < -0.39 is 5.54 Å². The summed E-state index contributed by atoms with van der Waals surface area (Å²) >= 11 is 6.34. The topological polar surface area (TPSA) is 83.4 Å². The van der Waals surface area contributed by atoms with Gasteiger partial charge in [-0.1, -0.05) is 29.6 Å². The number of hydrogen-bond donors (Lipinski definition) is 1. The predicted octanol–water partition coefficient (Wildman–Crippen LogP) is 4.84. The van der Waals surface area contributed by atoms with E-state index in [-0.39, 0.29) is 18.5 Å². The summed E-state index contributed by atoms with van der Waals surface area (Å²) in [7, 11) is 1.58. The average Bonchev–Trinajstić information content (AvgIpc) is 3.24. The molecule has 1 heterocycles. The van der Waals surface area contributed by atoms with Crippen LogP contribution in [0.5, 0.6) is 11.5 Å². The normalized spacial score (nSPS) is 15.9. The predicted molar refractivity (Wildman–Crippen MR) is 109 cm³/mol. The van der Waals surface area contributed by atoms with Crippen molar-refractivity contribution in [1.29, 1.82) is 0 Å². The number of aromatic nitrogens is 2. The zero-order valence-corrected chi connectivity index (χ0v) is 17.3. The van der Waals surface area contributed by atoms with Crippen molar-refractivity contribution < 1.29 is 14.0 Å². The Morgan fingerprint density at radius 3 is 2.59 bits per heavy atom. The fourth-order valence-electron chi connectivity index (χ4n) is 3.09. The molecule has 2 aromatic rings. The van der Waals surface area contributed by atoms with Crippen molar-refractivity contribution in [2.45, 2.75) is 51.2 Å². The van der Waals surface area contributed by atoms with E-state index in [2.05, 4.69) is 10.1 Å². The van der Waals surface area contributed by atoms with Gasteiger partial charge in [0, 0.05) is 6.08 Å². The maximum atomic E-state index is 6.36. The largest absolute Gasteiger partial charge is 0.493 e. The first kappa shape index (κ1) is 21.5. The van der Waals surface area contributed by atoms with E-state index in [0.717, 1.165) is 31.2 Å². The Hall–Kier alpha value is -1.76. The molecule has 1 aromatic heterocycles. The quantitative estimate of drug-likeness (QED) is 0.728. The van der Waals surface area contributed by atoms with Crippen LogP contribution in [0.1, 0.15) is 56.8 Å². The highest BCUT2D eigenvalue weighted by Gasteiger charge is 2.35. The third-order valence-electron chi connectivity index (χ3n) is 4.41. The van der Waals surface area contributed by atoms with Crippen LogP contribution < -0.4 is 15.2 Å². The maximum absolute atomic E-state index is 6.36. The second-order valence-electron chi connectivity index (χ2n) is 6.85. The van der Waals surface area contributed by atoms with Crippen LogP contribution in [0, 0.1) is 0 Å². The molecule has 0 atom stereocenters. The second kappa shape index (κ2) is 8.95. The van der Waals surface area contributed by atoms with Gasteiger partial charge in [0.05, 0.1) is 23.8 Å². The molecular formula is C19H25Cl2N3O3. The van der Waals surface area contributed by atoms with Crippen molar-refractivity contribution in [2.75, 3.05) is 7.11 Å². The van der Waals surface area contributed by atoms with E-state index in [9.17, 15) is 0 Å². The molecule has 1 aliphatic carbocycles. The minimum atomic E-state index is -0.460. The number of rotatable bonds is 6. The van der Waals surface area contributed by atoms with Gasteiger partial charge in [0.2, 0.25) is 0 Å². The summed E-state index contributed by atoms with van der Waals surface area (Å²) in [6.07, 6.45) is 7.54. The van der Waals surface area contributed by atoms with Crippen molar-refractivity contribution in [2.24, 2.45) is 5.73 Å². The fourth-order valence-corrected chi connectivity index (χ4v) is 3.35. The molecule has 0 radical (unpaired) electrons. The van der Waals surface area contributed by atoms with Crippen LogP contribution in [0.15, 0.2) is 16.7 Å². The summed E-state index contributed by atoms with van der Waals surface area (Å²) in [4.78, 5) is 4.42. The molecule has 1 aromatic carbocycles. The summed E-state index contributed by atoms with van der Waals surface area (Å²) in [5.74, 6) is 2.09. The summed E-state index contributed by atoms with van der Waals surface area (Å²) in [6.45, 7) is 3.87. The number of methoxy groups -OCH3 is 1. The number of hydrogen-bond acceptors (Lipinski definition) is 6. The molecule has 6 nitrogen and oxygen atoms in total. The van der Waals surface area contributed by atoms with Gasteiger partial charge < -0.3 is 19.7 Å². The summed E-state index contributed by atoms with van der Waals surface area (Å²) in [5, 5.41) is 4.53. The Morgan fingerprint density at radius 2 is 1.96 bits per heavy atom. The lowest BCUT2D eigenvalue weighted by Crippen LogP contribution is -2.34. The molecule has 8 heteroatoms. The summed E-state index contributed by atoms with van der Waals surface area (Å²) in [6, 6.07) is 3.65. The number of nitrogens with two attached hydrogens (primary N) is 1. The van der Waals surface area contributed by atoms with Crippen LogP contribution >= 0.6 is 24.0 Å². The van der Waals surface area contributed by atoms with Crippen molar-refractivity contribution in [3.8, 4) is 11.5 Å². The third-order valence-corrected chi connectivity index (χ3v) is 4.69. The van der Waals surface area contributed by atoms with Crippen LogP contribution in [0.25, 0.3) is 12.2 Å². The van der Waals surface area contributed by atoms with Gasteiger partial charge in [-0.25, -0.2) is 0 Å². The Labute approximate surface area is 170 Å². The van der Waals surface area contributed by atoms with E-state index in [1.165, 1.54) is 0 Å². The molecule has 1 fully saturated rings. The molecule has 3 rings (SSSR count). The molecule has 0 amide bonds. The molecule has 27 heavy (non-hydrogen) atoms. The number of benzene rings is 1. The van der Waals surface area contributed by atoms with E-state index in [4.69, 9.17) is 31.3 Å². The van der Waals surface area contributed by atoms with Gasteiger partial charge >= 0.3 is 0 Å². The van der Waals surface area contributed by atoms with Crippen molar-refractivity contribution in [3.63, 3.8) is 0 Å². The lowest BCUT2D eigenvalue weighted by atomic mass is 9.99. The van der Waals surface area contributed by atoms with E-state index in [0.29, 0.717) is 28.2 Å². The van der Waals surface area contributed by atoms with Crippen LogP contribution in [0.3, 0.4) is 0 Å². The fraction of sp³-hybridized carbons (Fsp3) is 0.474. The molecule has 0 aliphatic heterocycles. The molecule has 0 spiro atoms. The maximum Gasteiger partial charge on any atom is 0.250 e. The van der Waals surface area contributed by atoms with Crippen molar-refractivity contribution in [1.82, 2.24) is 10.1 Å². The van der Waals surface area contributed by atoms with Crippen LogP contribution in [0.2, 0.25) is 5.02 Å². The molecule has 1 aliphatic rings. The Bertz CT molecular complexity index is 799. The second-order valence-corrected chi connectivity index (χ2v) is 7.26. The van der Waals surface area contributed by atoms with E-state index in [1.54, 1.807) is 19.3 Å². The van der Waals surface area contributed by atoms with Gasteiger partial charge in [0.25, 0.3) is 5.89 Å².